The predicted octanol–water partition coefficient (Wildman–Crippen LogP) is 3.91. The summed E-state index contributed by atoms with van der Waals surface area (Å²) in [5.41, 5.74) is 5.57. The molecular formula is C25H25F3N4O4. The molecule has 1 saturated carbocycles. The van der Waals surface area contributed by atoms with Crippen LogP contribution in [0.15, 0.2) is 48.8 Å². The van der Waals surface area contributed by atoms with Crippen LogP contribution in [0.25, 0.3) is 11.3 Å². The number of nitrogens with zero attached hydrogens (tertiary/aromatic N) is 3. The highest BCUT2D eigenvalue weighted by Gasteiger charge is 2.38. The molecule has 0 radical (unpaired) electrons. The van der Waals surface area contributed by atoms with Crippen molar-refractivity contribution in [1.82, 2.24) is 20.1 Å². The number of carboxylic acid groups (broad SMARTS) is 2. The zero-order chi connectivity index (χ0) is 25.9. The van der Waals surface area contributed by atoms with E-state index in [0.29, 0.717) is 30.6 Å². The molecule has 2 heterocycles. The van der Waals surface area contributed by atoms with E-state index in [2.05, 4.69) is 39.7 Å². The number of nitrogens with one attached hydrogen (secondary N) is 1. The van der Waals surface area contributed by atoms with Gasteiger partial charge in [0.1, 0.15) is 5.69 Å². The van der Waals surface area contributed by atoms with Crippen LogP contribution in [-0.4, -0.2) is 55.7 Å². The molecule has 0 amide bonds. The smallest absolute Gasteiger partial charge is 0.477 e. The Morgan fingerprint density at radius 3 is 2.50 bits per heavy atom. The first kappa shape index (κ1) is 25.4. The largest absolute Gasteiger partial charge is 0.490 e. The lowest BCUT2D eigenvalue weighted by Crippen LogP contribution is -2.21. The number of fused-ring (bicyclic) bond motifs is 3. The Morgan fingerprint density at radius 2 is 1.83 bits per heavy atom. The minimum Gasteiger partial charge on any atom is -0.477 e. The summed E-state index contributed by atoms with van der Waals surface area (Å²) in [5, 5.41) is 25.2. The van der Waals surface area contributed by atoms with Crippen molar-refractivity contribution < 1.29 is 33.0 Å². The summed E-state index contributed by atoms with van der Waals surface area (Å²) < 4.78 is 33.4. The molecule has 0 saturated heterocycles. The van der Waals surface area contributed by atoms with Gasteiger partial charge in [-0.05, 0) is 49.4 Å². The molecule has 0 unspecified atom stereocenters. The van der Waals surface area contributed by atoms with Gasteiger partial charge in [0.15, 0.2) is 0 Å². The van der Waals surface area contributed by atoms with Gasteiger partial charge in [-0.3, -0.25) is 9.67 Å². The molecule has 2 aliphatic carbocycles. The average Bonchev–Trinajstić information content (AvgIpc) is 3.52. The van der Waals surface area contributed by atoms with Crippen LogP contribution in [0.2, 0.25) is 0 Å². The number of hydrogen-bond donors (Lipinski definition) is 3. The summed E-state index contributed by atoms with van der Waals surface area (Å²) in [7, 11) is 0. The lowest BCUT2D eigenvalue weighted by Gasteiger charge is -2.14. The lowest BCUT2D eigenvalue weighted by atomic mass is 9.90. The summed E-state index contributed by atoms with van der Waals surface area (Å²) in [4.78, 5) is 25.0. The number of alkyl halides is 3. The van der Waals surface area contributed by atoms with Gasteiger partial charge in [0.05, 0.1) is 5.69 Å². The van der Waals surface area contributed by atoms with E-state index in [1.807, 2.05) is 18.3 Å². The fourth-order valence-electron chi connectivity index (χ4n) is 4.48. The molecule has 36 heavy (non-hydrogen) atoms. The zero-order valence-electron chi connectivity index (χ0n) is 19.2. The SMILES string of the molecule is O=C(O)C(F)(F)F.O=C(O)c1c2c(nn1CCCN[C@@H]1C[C@H]1c1ccccc1)-c1ccncc1CC2. The first-order valence-electron chi connectivity index (χ1n) is 11.5. The van der Waals surface area contributed by atoms with Gasteiger partial charge in [0.25, 0.3) is 0 Å². The maximum Gasteiger partial charge on any atom is 0.490 e. The summed E-state index contributed by atoms with van der Waals surface area (Å²) in [5.74, 6) is -3.05. The van der Waals surface area contributed by atoms with Crippen LogP contribution in [0.1, 0.15) is 45.9 Å². The van der Waals surface area contributed by atoms with Gasteiger partial charge in [-0.2, -0.15) is 18.3 Å². The minimum atomic E-state index is -5.08. The number of aliphatic carboxylic acids is 1. The zero-order valence-corrected chi connectivity index (χ0v) is 19.2. The van der Waals surface area contributed by atoms with Crippen molar-refractivity contribution in [2.45, 2.75) is 50.4 Å². The van der Waals surface area contributed by atoms with Gasteiger partial charge in [-0.1, -0.05) is 30.3 Å². The number of carbonyl (C=O) groups is 2. The second-order valence-electron chi connectivity index (χ2n) is 8.71. The second-order valence-corrected chi connectivity index (χ2v) is 8.71. The fourth-order valence-corrected chi connectivity index (χ4v) is 4.48. The van der Waals surface area contributed by atoms with Crippen LogP contribution in [0.3, 0.4) is 0 Å². The number of halogens is 3. The van der Waals surface area contributed by atoms with E-state index in [9.17, 15) is 23.1 Å². The van der Waals surface area contributed by atoms with E-state index in [1.54, 1.807) is 10.9 Å². The van der Waals surface area contributed by atoms with E-state index < -0.39 is 18.1 Å². The molecule has 1 fully saturated rings. The molecule has 8 nitrogen and oxygen atoms in total. The first-order chi connectivity index (χ1) is 17.2. The Kier molecular flexibility index (Phi) is 7.39. The highest BCUT2D eigenvalue weighted by Crippen LogP contribution is 2.40. The van der Waals surface area contributed by atoms with E-state index >= 15 is 0 Å². The Hall–Kier alpha value is -3.73. The van der Waals surface area contributed by atoms with Gasteiger partial charge in [0.2, 0.25) is 0 Å². The molecule has 0 aliphatic heterocycles. The monoisotopic (exact) mass is 502 g/mol. The van der Waals surface area contributed by atoms with E-state index in [-0.39, 0.29) is 0 Å². The topological polar surface area (TPSA) is 117 Å². The number of benzene rings is 1. The van der Waals surface area contributed by atoms with E-state index in [0.717, 1.165) is 41.8 Å². The molecular weight excluding hydrogens is 477 g/mol. The summed E-state index contributed by atoms with van der Waals surface area (Å²) in [6.07, 6.45) is 2.06. The van der Waals surface area contributed by atoms with Gasteiger partial charge in [-0.25, -0.2) is 9.59 Å². The van der Waals surface area contributed by atoms with Crippen LogP contribution in [0, 0.1) is 0 Å². The van der Waals surface area contributed by atoms with Crippen LogP contribution in [-0.2, 0) is 24.2 Å². The number of aryl methyl sites for hydroxylation is 2. The first-order valence-corrected chi connectivity index (χ1v) is 11.5. The molecule has 190 valence electrons. The van der Waals surface area contributed by atoms with Crippen molar-refractivity contribution in [2.24, 2.45) is 0 Å². The molecule has 2 aromatic heterocycles. The van der Waals surface area contributed by atoms with Crippen LogP contribution in [0.4, 0.5) is 13.2 Å². The molecule has 2 atom stereocenters. The number of rotatable bonds is 7. The summed E-state index contributed by atoms with van der Waals surface area (Å²) in [6, 6.07) is 13.1. The van der Waals surface area contributed by atoms with Crippen molar-refractivity contribution in [3.8, 4) is 11.3 Å². The molecule has 3 N–H and O–H groups in total. The molecule has 5 rings (SSSR count). The highest BCUT2D eigenvalue weighted by molar-refractivity contribution is 5.90. The quantitative estimate of drug-likeness (QED) is 0.420. The van der Waals surface area contributed by atoms with Crippen molar-refractivity contribution in [3.63, 3.8) is 0 Å². The molecule has 2 aliphatic rings. The molecule has 0 bridgehead atoms. The normalized spacial score (nSPS) is 17.9. The Morgan fingerprint density at radius 1 is 1.11 bits per heavy atom. The summed E-state index contributed by atoms with van der Waals surface area (Å²) in [6.45, 7) is 1.46. The van der Waals surface area contributed by atoms with Gasteiger partial charge in [0, 0.05) is 42.0 Å². The maximum absolute atomic E-state index is 11.9. The number of aromatic nitrogens is 3. The molecule has 1 aromatic carbocycles. The third kappa shape index (κ3) is 5.73. The Labute approximate surface area is 204 Å². The van der Waals surface area contributed by atoms with Crippen molar-refractivity contribution >= 4 is 11.9 Å². The van der Waals surface area contributed by atoms with Crippen molar-refractivity contribution in [3.05, 3.63) is 71.2 Å². The van der Waals surface area contributed by atoms with Crippen LogP contribution < -0.4 is 5.32 Å². The minimum absolute atomic E-state index is 0.344. The third-order valence-corrected chi connectivity index (χ3v) is 6.27. The van der Waals surface area contributed by atoms with Crippen molar-refractivity contribution in [2.75, 3.05) is 6.54 Å². The van der Waals surface area contributed by atoms with Gasteiger partial charge >= 0.3 is 18.1 Å². The van der Waals surface area contributed by atoms with Crippen molar-refractivity contribution in [1.29, 1.82) is 0 Å². The molecule has 3 aromatic rings. The van der Waals surface area contributed by atoms with Gasteiger partial charge in [-0.15, -0.1) is 0 Å². The second kappa shape index (κ2) is 10.5. The predicted molar refractivity (Wildman–Crippen MR) is 124 cm³/mol. The molecule has 11 heteroatoms. The highest BCUT2D eigenvalue weighted by atomic mass is 19.4. The lowest BCUT2D eigenvalue weighted by molar-refractivity contribution is -0.192. The fraction of sp³-hybridized carbons (Fsp3) is 0.360. The maximum atomic E-state index is 11.9. The van der Waals surface area contributed by atoms with Gasteiger partial charge < -0.3 is 15.5 Å². The van der Waals surface area contributed by atoms with E-state index in [4.69, 9.17) is 9.90 Å². The van der Waals surface area contributed by atoms with Crippen LogP contribution >= 0.6 is 0 Å². The average molecular weight is 502 g/mol. The Balaban J connectivity index is 0.000000384. The number of hydrogen-bond acceptors (Lipinski definition) is 5. The standard InChI is InChI=1S/C23H24N4O2.C2HF3O2/c28-23(29)22-18-8-7-16-14-24-11-9-17(16)21(18)26-27(22)12-4-10-25-20-13-19(20)15-5-2-1-3-6-15;3-2(4,5)1(6)7/h1-3,5-6,9,11,14,19-20,25H,4,7-8,10,12-13H2,(H,28,29);(H,6,7)/t19-,20+;/m0./s1. The molecule has 0 spiro atoms. The third-order valence-electron chi connectivity index (χ3n) is 6.27. The number of pyridine rings is 1. The number of carboxylic acids is 2. The summed E-state index contributed by atoms with van der Waals surface area (Å²) >= 11 is 0. The number of aromatic carboxylic acids is 1. The van der Waals surface area contributed by atoms with Crippen LogP contribution in [0.5, 0.6) is 0 Å². The Bertz CT molecular complexity index is 1240. The van der Waals surface area contributed by atoms with E-state index in [1.165, 1.54) is 12.0 Å².